The summed E-state index contributed by atoms with van der Waals surface area (Å²) in [6, 6.07) is 4.32. The van der Waals surface area contributed by atoms with Crippen LogP contribution >= 0.6 is 0 Å². The van der Waals surface area contributed by atoms with Gasteiger partial charge in [0.05, 0.1) is 7.11 Å². The minimum atomic E-state index is 0.611. The average molecular weight is 221 g/mol. The molecule has 0 aliphatic heterocycles. The van der Waals surface area contributed by atoms with E-state index < -0.39 is 0 Å². The molecule has 0 saturated heterocycles. The summed E-state index contributed by atoms with van der Waals surface area (Å²) in [5.74, 6) is 1.63. The van der Waals surface area contributed by atoms with E-state index in [0.29, 0.717) is 5.92 Å². The maximum absolute atomic E-state index is 5.58. The molecule has 0 amide bonds. The second-order valence-corrected chi connectivity index (χ2v) is 4.65. The van der Waals surface area contributed by atoms with Crippen molar-refractivity contribution in [2.24, 2.45) is 11.7 Å². The van der Waals surface area contributed by atoms with Crippen LogP contribution in [-0.2, 0) is 6.42 Å². The number of nitrogens with two attached hydrogens (primary N) is 1. The minimum Gasteiger partial charge on any atom is -0.496 e. The van der Waals surface area contributed by atoms with E-state index in [2.05, 4.69) is 32.9 Å². The van der Waals surface area contributed by atoms with Gasteiger partial charge in [0.1, 0.15) is 5.75 Å². The maximum atomic E-state index is 5.58. The minimum absolute atomic E-state index is 0.611. The Bertz CT molecular complexity index is 347. The molecule has 1 atom stereocenters. The van der Waals surface area contributed by atoms with Gasteiger partial charge in [0, 0.05) is 0 Å². The molecular formula is C14H23NO. The molecule has 2 nitrogen and oxygen atoms in total. The van der Waals surface area contributed by atoms with E-state index in [1.807, 2.05) is 0 Å². The van der Waals surface area contributed by atoms with Crippen LogP contribution in [-0.4, -0.2) is 13.7 Å². The van der Waals surface area contributed by atoms with Gasteiger partial charge in [-0.1, -0.05) is 13.0 Å². The summed E-state index contributed by atoms with van der Waals surface area (Å²) >= 11 is 0. The van der Waals surface area contributed by atoms with Crippen LogP contribution in [0, 0.1) is 19.8 Å². The van der Waals surface area contributed by atoms with E-state index in [1.54, 1.807) is 7.11 Å². The molecule has 0 fully saturated rings. The third kappa shape index (κ3) is 3.24. The third-order valence-electron chi connectivity index (χ3n) is 3.01. The van der Waals surface area contributed by atoms with Crippen LogP contribution in [0.4, 0.5) is 0 Å². The molecule has 0 aliphatic carbocycles. The summed E-state index contributed by atoms with van der Waals surface area (Å²) in [5, 5.41) is 0. The summed E-state index contributed by atoms with van der Waals surface area (Å²) in [5.41, 5.74) is 9.49. The zero-order valence-electron chi connectivity index (χ0n) is 10.8. The SMILES string of the molecule is COc1cc(C)cc(C)c1CC(C)CCN. The van der Waals surface area contributed by atoms with Crippen LogP contribution in [0.15, 0.2) is 12.1 Å². The molecule has 1 rings (SSSR count). The van der Waals surface area contributed by atoms with Crippen LogP contribution in [0.2, 0.25) is 0 Å². The van der Waals surface area contributed by atoms with Crippen molar-refractivity contribution in [3.63, 3.8) is 0 Å². The predicted molar refractivity (Wildman–Crippen MR) is 69.0 cm³/mol. The number of rotatable bonds is 5. The van der Waals surface area contributed by atoms with E-state index in [0.717, 1.165) is 25.1 Å². The zero-order chi connectivity index (χ0) is 12.1. The molecule has 0 aliphatic rings. The number of benzene rings is 1. The highest BCUT2D eigenvalue weighted by Crippen LogP contribution is 2.27. The van der Waals surface area contributed by atoms with Crippen molar-refractivity contribution in [1.29, 1.82) is 0 Å². The lowest BCUT2D eigenvalue weighted by atomic mass is 9.93. The molecule has 0 saturated carbocycles. The standard InChI is InChI=1S/C14H23NO/c1-10(5-6-15)8-13-12(3)7-11(2)9-14(13)16-4/h7,9-10H,5-6,8,15H2,1-4H3. The van der Waals surface area contributed by atoms with Crippen LogP contribution in [0.1, 0.15) is 30.0 Å². The summed E-state index contributed by atoms with van der Waals surface area (Å²) in [6.45, 7) is 7.25. The van der Waals surface area contributed by atoms with Gasteiger partial charge in [-0.2, -0.15) is 0 Å². The smallest absolute Gasteiger partial charge is 0.122 e. The number of hydrogen-bond acceptors (Lipinski definition) is 2. The lowest BCUT2D eigenvalue weighted by molar-refractivity contribution is 0.403. The van der Waals surface area contributed by atoms with Crippen LogP contribution in [0.3, 0.4) is 0 Å². The molecule has 1 aromatic rings. The van der Waals surface area contributed by atoms with Crippen molar-refractivity contribution in [3.8, 4) is 5.75 Å². The van der Waals surface area contributed by atoms with Gasteiger partial charge in [-0.05, 0) is 61.9 Å². The van der Waals surface area contributed by atoms with E-state index in [1.165, 1.54) is 16.7 Å². The van der Waals surface area contributed by atoms with E-state index in [4.69, 9.17) is 10.5 Å². The molecule has 0 heterocycles. The lowest BCUT2D eigenvalue weighted by Gasteiger charge is -2.16. The first kappa shape index (κ1) is 13.0. The van der Waals surface area contributed by atoms with Crippen LogP contribution in [0.5, 0.6) is 5.75 Å². The van der Waals surface area contributed by atoms with Gasteiger partial charge in [-0.15, -0.1) is 0 Å². The molecule has 1 unspecified atom stereocenters. The van der Waals surface area contributed by atoms with Gasteiger partial charge in [0.15, 0.2) is 0 Å². The Morgan fingerprint density at radius 3 is 2.56 bits per heavy atom. The molecule has 2 N–H and O–H groups in total. The van der Waals surface area contributed by atoms with Gasteiger partial charge in [0.2, 0.25) is 0 Å². The van der Waals surface area contributed by atoms with Crippen LogP contribution in [0.25, 0.3) is 0 Å². The van der Waals surface area contributed by atoms with Gasteiger partial charge in [0.25, 0.3) is 0 Å². The fourth-order valence-corrected chi connectivity index (χ4v) is 2.14. The van der Waals surface area contributed by atoms with Gasteiger partial charge >= 0.3 is 0 Å². The second kappa shape index (κ2) is 5.90. The van der Waals surface area contributed by atoms with Crippen molar-refractivity contribution in [1.82, 2.24) is 0 Å². The van der Waals surface area contributed by atoms with E-state index in [9.17, 15) is 0 Å². The normalized spacial score (nSPS) is 12.6. The highest BCUT2D eigenvalue weighted by atomic mass is 16.5. The van der Waals surface area contributed by atoms with Crippen LogP contribution < -0.4 is 10.5 Å². The monoisotopic (exact) mass is 221 g/mol. The fraction of sp³-hybridized carbons (Fsp3) is 0.571. The van der Waals surface area contributed by atoms with Crippen molar-refractivity contribution >= 4 is 0 Å². The number of aryl methyl sites for hydroxylation is 2. The average Bonchev–Trinajstić information content (AvgIpc) is 2.22. The highest BCUT2D eigenvalue weighted by molar-refractivity contribution is 5.43. The Morgan fingerprint density at radius 2 is 2.00 bits per heavy atom. The first-order valence-electron chi connectivity index (χ1n) is 5.92. The summed E-state index contributed by atoms with van der Waals surface area (Å²) in [7, 11) is 1.74. The Morgan fingerprint density at radius 1 is 1.31 bits per heavy atom. The molecule has 16 heavy (non-hydrogen) atoms. The Labute approximate surface area is 98.8 Å². The highest BCUT2D eigenvalue weighted by Gasteiger charge is 2.11. The quantitative estimate of drug-likeness (QED) is 0.829. The first-order valence-corrected chi connectivity index (χ1v) is 5.92. The summed E-state index contributed by atoms with van der Waals surface area (Å²) < 4.78 is 5.45. The lowest BCUT2D eigenvalue weighted by Crippen LogP contribution is -2.09. The topological polar surface area (TPSA) is 35.2 Å². The number of ether oxygens (including phenoxy) is 1. The largest absolute Gasteiger partial charge is 0.496 e. The molecule has 0 bridgehead atoms. The molecule has 1 aromatic carbocycles. The Hall–Kier alpha value is -1.02. The second-order valence-electron chi connectivity index (χ2n) is 4.65. The van der Waals surface area contributed by atoms with Gasteiger partial charge in [-0.3, -0.25) is 0 Å². The van der Waals surface area contributed by atoms with Crippen molar-refractivity contribution < 1.29 is 4.74 Å². The maximum Gasteiger partial charge on any atom is 0.122 e. The molecule has 0 radical (unpaired) electrons. The first-order chi connectivity index (χ1) is 7.58. The van der Waals surface area contributed by atoms with E-state index in [-0.39, 0.29) is 0 Å². The molecular weight excluding hydrogens is 198 g/mol. The molecule has 0 spiro atoms. The van der Waals surface area contributed by atoms with Crippen molar-refractivity contribution in [2.45, 2.75) is 33.6 Å². The summed E-state index contributed by atoms with van der Waals surface area (Å²) in [6.07, 6.45) is 2.11. The zero-order valence-corrected chi connectivity index (χ0v) is 10.8. The third-order valence-corrected chi connectivity index (χ3v) is 3.01. The van der Waals surface area contributed by atoms with Gasteiger partial charge < -0.3 is 10.5 Å². The van der Waals surface area contributed by atoms with Crippen molar-refractivity contribution in [3.05, 3.63) is 28.8 Å². The molecule has 0 aromatic heterocycles. The summed E-state index contributed by atoms with van der Waals surface area (Å²) in [4.78, 5) is 0. The number of methoxy groups -OCH3 is 1. The number of hydrogen-bond donors (Lipinski definition) is 1. The van der Waals surface area contributed by atoms with E-state index >= 15 is 0 Å². The van der Waals surface area contributed by atoms with Gasteiger partial charge in [-0.25, -0.2) is 0 Å². The fourth-order valence-electron chi connectivity index (χ4n) is 2.14. The van der Waals surface area contributed by atoms with Crippen molar-refractivity contribution in [2.75, 3.05) is 13.7 Å². The molecule has 2 heteroatoms. The Kier molecular flexibility index (Phi) is 4.81. The predicted octanol–water partition coefficient (Wildman–Crippen LogP) is 2.84. The molecule has 90 valence electrons. The Balaban J connectivity index is 2.93.